The van der Waals surface area contributed by atoms with E-state index in [1.165, 1.54) is 32.9 Å². The van der Waals surface area contributed by atoms with Crippen LogP contribution in [-0.4, -0.2) is 28.5 Å². The zero-order chi connectivity index (χ0) is 16.1. The summed E-state index contributed by atoms with van der Waals surface area (Å²) in [7, 11) is 6.35. The van der Waals surface area contributed by atoms with E-state index in [9.17, 15) is 0 Å². The van der Waals surface area contributed by atoms with Crippen LogP contribution < -0.4 is 16.4 Å². The smallest absolute Gasteiger partial charge is 0.142 e. The molecular formula is C18H15B3ClN. The Morgan fingerprint density at radius 1 is 0.739 bits per heavy atom. The molecule has 5 heteroatoms. The van der Waals surface area contributed by atoms with Gasteiger partial charge in [0.1, 0.15) is 23.5 Å². The minimum absolute atomic E-state index is 0.874. The maximum Gasteiger partial charge on any atom is 0.142 e. The van der Waals surface area contributed by atoms with Crippen LogP contribution in [0.4, 0.5) is 0 Å². The number of nitrogens with one attached hydrogen (secondary N) is 1. The number of hydrogen-bond donors (Lipinski definition) is 1. The molecule has 1 heterocycles. The highest BCUT2D eigenvalue weighted by Gasteiger charge is 2.17. The largest absolute Gasteiger partial charge is 0.355 e. The summed E-state index contributed by atoms with van der Waals surface area (Å²) >= 11 is 6.60. The van der Waals surface area contributed by atoms with Gasteiger partial charge in [-0.1, -0.05) is 70.5 Å². The third kappa shape index (κ3) is 2.05. The third-order valence-electron chi connectivity index (χ3n) is 4.88. The molecule has 0 aliphatic carbocycles. The first kappa shape index (κ1) is 14.5. The number of benzene rings is 3. The number of aromatic nitrogens is 1. The summed E-state index contributed by atoms with van der Waals surface area (Å²) in [6, 6.07) is 17.0. The molecule has 1 aromatic heterocycles. The van der Waals surface area contributed by atoms with Crippen LogP contribution in [0.15, 0.2) is 48.5 Å². The van der Waals surface area contributed by atoms with Gasteiger partial charge in [-0.2, -0.15) is 0 Å². The first-order valence-electron chi connectivity index (χ1n) is 7.84. The average molecular weight is 313 g/mol. The van der Waals surface area contributed by atoms with Crippen molar-refractivity contribution in [2.45, 2.75) is 0 Å². The summed E-state index contributed by atoms with van der Waals surface area (Å²) in [5.41, 5.74) is 8.37. The molecule has 0 radical (unpaired) electrons. The van der Waals surface area contributed by atoms with Crippen molar-refractivity contribution in [2.75, 3.05) is 0 Å². The van der Waals surface area contributed by atoms with E-state index in [1.807, 2.05) is 0 Å². The van der Waals surface area contributed by atoms with Crippen LogP contribution in [0, 0.1) is 0 Å². The van der Waals surface area contributed by atoms with Gasteiger partial charge in [-0.3, -0.25) is 0 Å². The summed E-state index contributed by atoms with van der Waals surface area (Å²) in [6.07, 6.45) is 0. The Kier molecular flexibility index (Phi) is 3.31. The van der Waals surface area contributed by atoms with E-state index in [-0.39, 0.29) is 0 Å². The number of hydrogen-bond acceptors (Lipinski definition) is 0. The van der Waals surface area contributed by atoms with Crippen LogP contribution in [0.25, 0.3) is 32.9 Å². The predicted molar refractivity (Wildman–Crippen MR) is 111 cm³/mol. The fourth-order valence-corrected chi connectivity index (χ4v) is 3.74. The van der Waals surface area contributed by atoms with Gasteiger partial charge in [0.15, 0.2) is 0 Å². The van der Waals surface area contributed by atoms with Gasteiger partial charge in [0.2, 0.25) is 0 Å². The maximum absolute atomic E-state index is 6.60. The molecule has 1 nitrogen and oxygen atoms in total. The number of fused-ring (bicyclic) bond motifs is 3. The van der Waals surface area contributed by atoms with E-state index in [2.05, 4.69) is 77.1 Å². The van der Waals surface area contributed by atoms with Crippen molar-refractivity contribution in [2.24, 2.45) is 0 Å². The number of H-pyrrole nitrogens is 1. The molecule has 0 bridgehead atoms. The van der Waals surface area contributed by atoms with Gasteiger partial charge in [-0.25, -0.2) is 0 Å². The Bertz CT molecular complexity index is 1050. The molecule has 1 N–H and O–H groups in total. The molecule has 0 atom stereocenters. The SMILES string of the molecule is Bc1c(Cl)c(B)c2c([nH]c3cccc(-c4ccccc4)c32)c1B. The lowest BCUT2D eigenvalue weighted by Crippen LogP contribution is -2.32. The lowest BCUT2D eigenvalue weighted by Gasteiger charge is -2.11. The molecule has 0 saturated carbocycles. The Morgan fingerprint density at radius 2 is 1.48 bits per heavy atom. The summed E-state index contributed by atoms with van der Waals surface area (Å²) in [6.45, 7) is 0. The molecule has 0 aliphatic rings. The van der Waals surface area contributed by atoms with Crippen LogP contribution >= 0.6 is 11.6 Å². The first-order valence-corrected chi connectivity index (χ1v) is 8.22. The third-order valence-corrected chi connectivity index (χ3v) is 5.45. The lowest BCUT2D eigenvalue weighted by atomic mass is 9.74. The van der Waals surface area contributed by atoms with Gasteiger partial charge in [0, 0.05) is 26.8 Å². The van der Waals surface area contributed by atoms with Gasteiger partial charge in [0.05, 0.1) is 0 Å². The maximum atomic E-state index is 6.60. The summed E-state index contributed by atoms with van der Waals surface area (Å²) in [5, 5.41) is 3.38. The average Bonchev–Trinajstić information content (AvgIpc) is 2.98. The van der Waals surface area contributed by atoms with E-state index >= 15 is 0 Å². The highest BCUT2D eigenvalue weighted by Crippen LogP contribution is 2.33. The van der Waals surface area contributed by atoms with E-state index in [0.29, 0.717) is 0 Å². The Hall–Kier alpha value is -2.06. The zero-order valence-corrected chi connectivity index (χ0v) is 14.3. The van der Waals surface area contributed by atoms with Crippen LogP contribution in [0.5, 0.6) is 0 Å². The summed E-state index contributed by atoms with van der Waals surface area (Å²) in [5.74, 6) is 0. The number of rotatable bonds is 1. The van der Waals surface area contributed by atoms with E-state index in [1.54, 1.807) is 0 Å². The van der Waals surface area contributed by atoms with Gasteiger partial charge in [0.25, 0.3) is 0 Å². The van der Waals surface area contributed by atoms with Gasteiger partial charge in [-0.15, -0.1) is 0 Å². The molecule has 0 unspecified atom stereocenters. The molecule has 0 spiro atoms. The summed E-state index contributed by atoms with van der Waals surface area (Å²) < 4.78 is 0. The normalized spacial score (nSPS) is 11.3. The fourth-order valence-electron chi connectivity index (χ4n) is 3.51. The van der Waals surface area contributed by atoms with E-state index in [4.69, 9.17) is 11.6 Å². The first-order chi connectivity index (χ1) is 11.1. The molecule has 0 aliphatic heterocycles. The lowest BCUT2D eigenvalue weighted by molar-refractivity contribution is 1.56. The highest BCUT2D eigenvalue weighted by atomic mass is 35.5. The van der Waals surface area contributed by atoms with E-state index < -0.39 is 0 Å². The number of aromatic amines is 1. The highest BCUT2D eigenvalue weighted by molar-refractivity contribution is 6.64. The summed E-state index contributed by atoms with van der Waals surface area (Å²) in [4.78, 5) is 3.61. The van der Waals surface area contributed by atoms with Gasteiger partial charge in [-0.05, 0) is 17.2 Å². The molecular weight excluding hydrogens is 298 g/mol. The second-order valence-corrected chi connectivity index (χ2v) is 6.54. The molecule has 4 aromatic rings. The van der Waals surface area contributed by atoms with Crippen molar-refractivity contribution < 1.29 is 0 Å². The van der Waals surface area contributed by atoms with Crippen molar-refractivity contribution in [3.8, 4) is 11.1 Å². The minimum atomic E-state index is 0.874. The van der Waals surface area contributed by atoms with Gasteiger partial charge >= 0.3 is 0 Å². The van der Waals surface area contributed by atoms with Gasteiger partial charge < -0.3 is 4.98 Å². The monoisotopic (exact) mass is 313 g/mol. The fraction of sp³-hybridized carbons (Fsp3) is 0. The second kappa shape index (κ2) is 5.24. The van der Waals surface area contributed by atoms with Crippen molar-refractivity contribution in [3.05, 3.63) is 53.6 Å². The van der Waals surface area contributed by atoms with Crippen LogP contribution in [0.2, 0.25) is 5.02 Å². The predicted octanol–water partition coefficient (Wildman–Crippen LogP) is 0.417. The van der Waals surface area contributed by atoms with Crippen LogP contribution in [0.1, 0.15) is 0 Å². The van der Waals surface area contributed by atoms with E-state index in [0.717, 1.165) is 21.5 Å². The van der Waals surface area contributed by atoms with Crippen molar-refractivity contribution in [1.82, 2.24) is 4.98 Å². The zero-order valence-electron chi connectivity index (χ0n) is 13.5. The Morgan fingerprint density at radius 3 is 2.22 bits per heavy atom. The molecule has 0 amide bonds. The number of halogens is 1. The topological polar surface area (TPSA) is 15.8 Å². The minimum Gasteiger partial charge on any atom is -0.355 e. The van der Waals surface area contributed by atoms with Crippen molar-refractivity contribution in [1.29, 1.82) is 0 Å². The van der Waals surface area contributed by atoms with Crippen molar-refractivity contribution in [3.63, 3.8) is 0 Å². The van der Waals surface area contributed by atoms with Crippen molar-refractivity contribution >= 4 is 73.3 Å². The molecule has 108 valence electrons. The molecule has 3 aromatic carbocycles. The molecule has 0 fully saturated rings. The standard InChI is InChI=1S/C18H15B3ClN/c19-14-13-12-10(9-5-2-1-3-6-9)7-4-8-11(12)23-18(13)16(21)15(20)17(14)22/h1-8,23H,19-21H2. The molecule has 0 saturated heterocycles. The second-order valence-electron chi connectivity index (χ2n) is 6.16. The van der Waals surface area contributed by atoms with Crippen LogP contribution in [0.3, 0.4) is 0 Å². The molecule has 4 rings (SSSR count). The van der Waals surface area contributed by atoms with Crippen LogP contribution in [-0.2, 0) is 0 Å². The molecule has 23 heavy (non-hydrogen) atoms. The Labute approximate surface area is 143 Å². The quantitative estimate of drug-likeness (QED) is 0.490. The Balaban J connectivity index is 2.24.